The summed E-state index contributed by atoms with van der Waals surface area (Å²) in [6.07, 6.45) is 0.954. The molecular formula is C11H20N2O2. The Morgan fingerprint density at radius 2 is 2.40 bits per heavy atom. The predicted molar refractivity (Wildman–Crippen MR) is 57.6 cm³/mol. The lowest BCUT2D eigenvalue weighted by Crippen LogP contribution is -2.52. The van der Waals surface area contributed by atoms with Crippen molar-refractivity contribution in [2.75, 3.05) is 32.8 Å². The molecule has 0 aromatic heterocycles. The molecule has 1 N–H and O–H groups in total. The van der Waals surface area contributed by atoms with Gasteiger partial charge in [0.05, 0.1) is 24.7 Å². The molecule has 2 saturated heterocycles. The molecule has 0 bridgehead atoms. The summed E-state index contributed by atoms with van der Waals surface area (Å²) in [6, 6.07) is 0.226. The van der Waals surface area contributed by atoms with Crippen molar-refractivity contribution < 1.29 is 9.53 Å². The van der Waals surface area contributed by atoms with Gasteiger partial charge in [-0.15, -0.1) is 0 Å². The van der Waals surface area contributed by atoms with Crippen molar-refractivity contribution in [1.29, 1.82) is 0 Å². The van der Waals surface area contributed by atoms with Crippen molar-refractivity contribution in [3.8, 4) is 0 Å². The smallest absolute Gasteiger partial charge is 0.230 e. The standard InChI is InChI=1S/C11H20N2O2/c1-9-7-15-6-5-13(9)10(14)11(2)3-4-12-8-11/h9,12H,3-8H2,1-2H3. The van der Waals surface area contributed by atoms with Gasteiger partial charge < -0.3 is 15.0 Å². The second kappa shape index (κ2) is 4.10. The van der Waals surface area contributed by atoms with Crippen molar-refractivity contribution in [3.05, 3.63) is 0 Å². The van der Waals surface area contributed by atoms with Crippen LogP contribution in [0.3, 0.4) is 0 Å². The van der Waals surface area contributed by atoms with Gasteiger partial charge in [-0.25, -0.2) is 0 Å². The SMILES string of the molecule is CC1COCCN1C(=O)C1(C)CCNC1. The summed E-state index contributed by atoms with van der Waals surface area (Å²) >= 11 is 0. The van der Waals surface area contributed by atoms with Gasteiger partial charge in [0.1, 0.15) is 0 Å². The molecule has 2 unspecified atom stereocenters. The van der Waals surface area contributed by atoms with E-state index in [1.165, 1.54) is 0 Å². The number of ether oxygens (including phenoxy) is 1. The number of morpholine rings is 1. The van der Waals surface area contributed by atoms with Crippen LogP contribution in [-0.2, 0) is 9.53 Å². The van der Waals surface area contributed by atoms with Gasteiger partial charge in [0.15, 0.2) is 0 Å². The fourth-order valence-corrected chi connectivity index (χ4v) is 2.38. The van der Waals surface area contributed by atoms with E-state index in [4.69, 9.17) is 4.74 Å². The maximum absolute atomic E-state index is 12.4. The lowest BCUT2D eigenvalue weighted by Gasteiger charge is -2.38. The zero-order valence-electron chi connectivity index (χ0n) is 9.58. The molecular weight excluding hydrogens is 192 g/mol. The number of amides is 1. The number of nitrogens with one attached hydrogen (secondary N) is 1. The molecule has 2 heterocycles. The van der Waals surface area contributed by atoms with Crippen molar-refractivity contribution in [1.82, 2.24) is 10.2 Å². The van der Waals surface area contributed by atoms with Crippen LogP contribution in [0.2, 0.25) is 0 Å². The maximum Gasteiger partial charge on any atom is 0.230 e. The third-order valence-electron chi connectivity index (χ3n) is 3.51. The number of nitrogens with zero attached hydrogens (tertiary/aromatic N) is 1. The van der Waals surface area contributed by atoms with Crippen LogP contribution in [0.25, 0.3) is 0 Å². The number of hydrogen-bond acceptors (Lipinski definition) is 3. The highest BCUT2D eigenvalue weighted by Crippen LogP contribution is 2.28. The van der Waals surface area contributed by atoms with E-state index < -0.39 is 0 Å². The molecule has 0 aromatic rings. The highest BCUT2D eigenvalue weighted by atomic mass is 16.5. The Kier molecular flexibility index (Phi) is 2.98. The second-order valence-electron chi connectivity index (χ2n) is 4.91. The lowest BCUT2D eigenvalue weighted by molar-refractivity contribution is -0.148. The van der Waals surface area contributed by atoms with E-state index >= 15 is 0 Å². The third kappa shape index (κ3) is 2.01. The first kappa shape index (κ1) is 10.9. The summed E-state index contributed by atoms with van der Waals surface area (Å²) in [5.74, 6) is 0.295. The molecule has 2 fully saturated rings. The van der Waals surface area contributed by atoms with Crippen LogP contribution in [-0.4, -0.2) is 49.7 Å². The summed E-state index contributed by atoms with van der Waals surface area (Å²) in [5.41, 5.74) is -0.189. The minimum absolute atomic E-state index is 0.189. The lowest BCUT2D eigenvalue weighted by atomic mass is 9.87. The van der Waals surface area contributed by atoms with Crippen LogP contribution in [0.4, 0.5) is 0 Å². The van der Waals surface area contributed by atoms with Crippen molar-refractivity contribution in [2.24, 2.45) is 5.41 Å². The van der Waals surface area contributed by atoms with Crippen molar-refractivity contribution in [3.63, 3.8) is 0 Å². The first-order chi connectivity index (χ1) is 7.13. The maximum atomic E-state index is 12.4. The molecule has 4 heteroatoms. The molecule has 0 radical (unpaired) electrons. The molecule has 0 aromatic carbocycles. The van der Waals surface area contributed by atoms with Crippen molar-refractivity contribution >= 4 is 5.91 Å². The van der Waals surface area contributed by atoms with Gasteiger partial charge in [0, 0.05) is 13.1 Å². The van der Waals surface area contributed by atoms with Gasteiger partial charge in [-0.1, -0.05) is 0 Å². The first-order valence-electron chi connectivity index (χ1n) is 5.73. The fraction of sp³-hybridized carbons (Fsp3) is 0.909. The van der Waals surface area contributed by atoms with E-state index in [0.29, 0.717) is 19.1 Å². The van der Waals surface area contributed by atoms with Crippen LogP contribution in [0.15, 0.2) is 0 Å². The predicted octanol–water partition coefficient (Wildman–Crippen LogP) is 0.233. The third-order valence-corrected chi connectivity index (χ3v) is 3.51. The number of carbonyl (C=O) groups excluding carboxylic acids is 1. The summed E-state index contributed by atoms with van der Waals surface area (Å²) < 4.78 is 5.35. The van der Waals surface area contributed by atoms with Crippen LogP contribution in [0.5, 0.6) is 0 Å². The quantitative estimate of drug-likeness (QED) is 0.676. The average Bonchev–Trinajstić information content (AvgIpc) is 2.66. The minimum Gasteiger partial charge on any atom is -0.377 e. The Hall–Kier alpha value is -0.610. The normalized spacial score (nSPS) is 36.9. The topological polar surface area (TPSA) is 41.6 Å². The number of rotatable bonds is 1. The van der Waals surface area contributed by atoms with Gasteiger partial charge in [0.25, 0.3) is 0 Å². The molecule has 2 rings (SSSR count). The van der Waals surface area contributed by atoms with Gasteiger partial charge >= 0.3 is 0 Å². The molecule has 0 aliphatic carbocycles. The molecule has 2 aliphatic heterocycles. The summed E-state index contributed by atoms with van der Waals surface area (Å²) in [4.78, 5) is 14.3. The van der Waals surface area contributed by atoms with E-state index in [1.54, 1.807) is 0 Å². The van der Waals surface area contributed by atoms with Gasteiger partial charge in [-0.3, -0.25) is 4.79 Å². The van der Waals surface area contributed by atoms with E-state index in [1.807, 2.05) is 4.90 Å². The largest absolute Gasteiger partial charge is 0.377 e. The van der Waals surface area contributed by atoms with Gasteiger partial charge in [-0.05, 0) is 26.8 Å². The zero-order valence-corrected chi connectivity index (χ0v) is 9.58. The van der Waals surface area contributed by atoms with Gasteiger partial charge in [0.2, 0.25) is 5.91 Å². The molecule has 1 amide bonds. The highest BCUT2D eigenvalue weighted by molar-refractivity contribution is 5.83. The van der Waals surface area contributed by atoms with Gasteiger partial charge in [-0.2, -0.15) is 0 Å². The monoisotopic (exact) mass is 212 g/mol. The second-order valence-corrected chi connectivity index (χ2v) is 4.91. The summed E-state index contributed by atoms with van der Waals surface area (Å²) in [6.45, 7) is 8.00. The summed E-state index contributed by atoms with van der Waals surface area (Å²) in [5, 5.41) is 3.27. The first-order valence-corrected chi connectivity index (χ1v) is 5.73. The molecule has 86 valence electrons. The number of hydrogen-bond donors (Lipinski definition) is 1. The molecule has 2 aliphatic rings. The Balaban J connectivity index is 2.05. The van der Waals surface area contributed by atoms with Crippen LogP contribution < -0.4 is 5.32 Å². The number of carbonyl (C=O) groups is 1. The molecule has 0 spiro atoms. The summed E-state index contributed by atoms with van der Waals surface area (Å²) in [7, 11) is 0. The highest BCUT2D eigenvalue weighted by Gasteiger charge is 2.41. The van der Waals surface area contributed by atoms with Crippen molar-refractivity contribution in [2.45, 2.75) is 26.3 Å². The van der Waals surface area contributed by atoms with Crippen LogP contribution >= 0.6 is 0 Å². The minimum atomic E-state index is -0.189. The molecule has 2 atom stereocenters. The fourth-order valence-electron chi connectivity index (χ4n) is 2.38. The Labute approximate surface area is 91.0 Å². The van der Waals surface area contributed by atoms with E-state index in [-0.39, 0.29) is 11.5 Å². The average molecular weight is 212 g/mol. The van der Waals surface area contributed by atoms with Crippen LogP contribution in [0.1, 0.15) is 20.3 Å². The Bertz CT molecular complexity index is 249. The Morgan fingerprint density at radius 3 is 3.00 bits per heavy atom. The zero-order chi connectivity index (χ0) is 10.9. The molecule has 15 heavy (non-hydrogen) atoms. The van der Waals surface area contributed by atoms with E-state index in [2.05, 4.69) is 19.2 Å². The molecule has 0 saturated carbocycles. The molecule has 4 nitrogen and oxygen atoms in total. The Morgan fingerprint density at radius 1 is 1.60 bits per heavy atom. The van der Waals surface area contributed by atoms with E-state index in [0.717, 1.165) is 26.1 Å². The van der Waals surface area contributed by atoms with E-state index in [9.17, 15) is 4.79 Å². The van der Waals surface area contributed by atoms with Crippen LogP contribution in [0, 0.1) is 5.41 Å².